The molecule has 2 nitrogen and oxygen atoms in total. The normalized spacial score (nSPS) is 28.6. The van der Waals surface area contributed by atoms with Crippen LogP contribution in [0.25, 0.3) is 0 Å². The summed E-state index contributed by atoms with van der Waals surface area (Å²) in [4.78, 5) is 2.66. The van der Waals surface area contributed by atoms with Crippen LogP contribution in [0, 0.1) is 17.3 Å². The van der Waals surface area contributed by atoms with Crippen molar-refractivity contribution in [3.05, 3.63) is 35.9 Å². The summed E-state index contributed by atoms with van der Waals surface area (Å²) < 4.78 is 0. The van der Waals surface area contributed by atoms with Crippen molar-refractivity contribution in [3.8, 4) is 0 Å². The molecule has 0 spiro atoms. The molecule has 2 aliphatic rings. The fraction of sp³-hybridized carbons (Fsp3) is 0.667. The average molecular weight is 272 g/mol. The number of nitrogens with two attached hydrogens (primary N) is 1. The number of rotatable bonds is 4. The van der Waals surface area contributed by atoms with Gasteiger partial charge < -0.3 is 10.6 Å². The lowest BCUT2D eigenvalue weighted by atomic mass is 9.80. The van der Waals surface area contributed by atoms with Gasteiger partial charge in [0.05, 0.1) is 0 Å². The highest BCUT2D eigenvalue weighted by Gasteiger charge is 2.39. The number of nitrogens with zero attached hydrogens (tertiary/aromatic N) is 1. The van der Waals surface area contributed by atoms with Gasteiger partial charge in [0.2, 0.25) is 0 Å². The minimum Gasteiger partial charge on any atom is -0.323 e. The molecule has 0 bridgehead atoms. The highest BCUT2D eigenvalue weighted by molar-refractivity contribution is 5.20. The van der Waals surface area contributed by atoms with E-state index in [1.807, 2.05) is 0 Å². The van der Waals surface area contributed by atoms with Gasteiger partial charge in [-0.3, -0.25) is 0 Å². The summed E-state index contributed by atoms with van der Waals surface area (Å²) in [5.41, 5.74) is 7.93. The van der Waals surface area contributed by atoms with Crippen LogP contribution >= 0.6 is 0 Å². The van der Waals surface area contributed by atoms with Crippen molar-refractivity contribution < 1.29 is 0 Å². The zero-order valence-electron chi connectivity index (χ0n) is 12.9. The Morgan fingerprint density at radius 3 is 2.35 bits per heavy atom. The number of hydrogen-bond acceptors (Lipinski definition) is 2. The number of likely N-dealkylation sites (tertiary alicyclic amines) is 1. The molecule has 3 atom stereocenters. The largest absolute Gasteiger partial charge is 0.323 e. The highest BCUT2D eigenvalue weighted by atomic mass is 15.2. The molecule has 1 saturated heterocycles. The van der Waals surface area contributed by atoms with Gasteiger partial charge in [0.15, 0.2) is 0 Å². The van der Waals surface area contributed by atoms with Gasteiger partial charge >= 0.3 is 0 Å². The van der Waals surface area contributed by atoms with Gasteiger partial charge in [0, 0.05) is 25.7 Å². The van der Waals surface area contributed by atoms with E-state index < -0.39 is 0 Å². The van der Waals surface area contributed by atoms with Gasteiger partial charge in [-0.05, 0) is 35.7 Å². The molecule has 110 valence electrons. The number of fused-ring (bicyclic) bond motifs is 1. The van der Waals surface area contributed by atoms with E-state index in [0.29, 0.717) is 0 Å². The van der Waals surface area contributed by atoms with Gasteiger partial charge in [-0.2, -0.15) is 0 Å². The lowest BCUT2D eigenvalue weighted by Crippen LogP contribution is -2.40. The minimum atomic E-state index is 0.115. The highest BCUT2D eigenvalue weighted by Crippen LogP contribution is 2.40. The standard InChI is InChI=1S/C18H28N2/c1-18(2,17(19)14-7-4-3-5-8-14)13-20-11-15-9-6-10-16(15)12-20/h3-5,7-8,15-17H,6,9-13,19H2,1-2H3. The van der Waals surface area contributed by atoms with Crippen molar-refractivity contribution in [2.45, 2.75) is 39.2 Å². The monoisotopic (exact) mass is 272 g/mol. The lowest BCUT2D eigenvalue weighted by Gasteiger charge is -2.36. The van der Waals surface area contributed by atoms with Crippen LogP contribution in [0.5, 0.6) is 0 Å². The quantitative estimate of drug-likeness (QED) is 0.909. The zero-order chi connectivity index (χ0) is 14.2. The van der Waals surface area contributed by atoms with E-state index in [1.54, 1.807) is 0 Å². The van der Waals surface area contributed by atoms with Crippen LogP contribution < -0.4 is 5.73 Å². The molecule has 0 amide bonds. The Kier molecular flexibility index (Phi) is 3.87. The topological polar surface area (TPSA) is 29.3 Å². The van der Waals surface area contributed by atoms with E-state index in [-0.39, 0.29) is 11.5 Å². The second kappa shape index (κ2) is 5.50. The fourth-order valence-corrected chi connectivity index (χ4v) is 4.25. The molecule has 1 heterocycles. The first kappa shape index (κ1) is 14.1. The van der Waals surface area contributed by atoms with Crippen molar-refractivity contribution >= 4 is 0 Å². The molecule has 2 fully saturated rings. The van der Waals surface area contributed by atoms with Gasteiger partial charge in [-0.15, -0.1) is 0 Å². The van der Waals surface area contributed by atoms with Crippen molar-refractivity contribution in [2.24, 2.45) is 23.0 Å². The van der Waals surface area contributed by atoms with Crippen LogP contribution in [-0.2, 0) is 0 Å². The fourth-order valence-electron chi connectivity index (χ4n) is 4.25. The van der Waals surface area contributed by atoms with Gasteiger partial charge in [-0.25, -0.2) is 0 Å². The first-order valence-corrected chi connectivity index (χ1v) is 8.09. The molecule has 1 aromatic rings. The third kappa shape index (κ3) is 2.77. The number of hydrogen-bond donors (Lipinski definition) is 1. The van der Waals surface area contributed by atoms with Gasteiger partial charge in [-0.1, -0.05) is 50.6 Å². The van der Waals surface area contributed by atoms with Crippen LogP contribution in [0.15, 0.2) is 30.3 Å². The Balaban J connectivity index is 1.64. The van der Waals surface area contributed by atoms with Crippen LogP contribution in [0.2, 0.25) is 0 Å². The zero-order valence-corrected chi connectivity index (χ0v) is 12.9. The minimum absolute atomic E-state index is 0.115. The smallest absolute Gasteiger partial charge is 0.0359 e. The molecule has 0 radical (unpaired) electrons. The maximum atomic E-state index is 6.54. The molecule has 20 heavy (non-hydrogen) atoms. The van der Waals surface area contributed by atoms with Gasteiger partial charge in [0.1, 0.15) is 0 Å². The van der Waals surface area contributed by atoms with Crippen LogP contribution in [0.3, 0.4) is 0 Å². The van der Waals surface area contributed by atoms with E-state index in [0.717, 1.165) is 18.4 Å². The third-order valence-electron chi connectivity index (χ3n) is 5.43. The molecule has 1 aliphatic heterocycles. The maximum Gasteiger partial charge on any atom is 0.0359 e. The summed E-state index contributed by atoms with van der Waals surface area (Å²) in [6, 6.07) is 10.7. The summed E-state index contributed by atoms with van der Waals surface area (Å²) in [7, 11) is 0. The van der Waals surface area contributed by atoms with Crippen molar-refractivity contribution in [1.29, 1.82) is 0 Å². The molecule has 2 heteroatoms. The Morgan fingerprint density at radius 2 is 1.75 bits per heavy atom. The van der Waals surface area contributed by atoms with Crippen molar-refractivity contribution in [1.82, 2.24) is 4.90 Å². The first-order chi connectivity index (χ1) is 9.56. The van der Waals surface area contributed by atoms with Crippen LogP contribution in [0.4, 0.5) is 0 Å². The van der Waals surface area contributed by atoms with E-state index in [1.165, 1.54) is 37.9 Å². The Morgan fingerprint density at radius 1 is 1.15 bits per heavy atom. The summed E-state index contributed by atoms with van der Waals surface area (Å²) in [5, 5.41) is 0. The predicted molar refractivity (Wildman–Crippen MR) is 84.4 cm³/mol. The third-order valence-corrected chi connectivity index (χ3v) is 5.43. The summed E-state index contributed by atoms with van der Waals surface area (Å²) in [6.45, 7) is 8.36. The SMILES string of the molecule is CC(C)(CN1CC2CCCC2C1)C(N)c1ccccc1. The van der Waals surface area contributed by atoms with Crippen LogP contribution in [0.1, 0.15) is 44.7 Å². The lowest BCUT2D eigenvalue weighted by molar-refractivity contribution is 0.168. The molecule has 0 aromatic heterocycles. The molecular formula is C18H28N2. The summed E-state index contributed by atoms with van der Waals surface area (Å²) in [5.74, 6) is 1.94. The summed E-state index contributed by atoms with van der Waals surface area (Å²) in [6.07, 6.45) is 4.36. The average Bonchev–Trinajstić information content (AvgIpc) is 2.99. The first-order valence-electron chi connectivity index (χ1n) is 8.09. The molecule has 1 aromatic carbocycles. The molecule has 2 N–H and O–H groups in total. The predicted octanol–water partition coefficient (Wildman–Crippen LogP) is 3.44. The van der Waals surface area contributed by atoms with E-state index >= 15 is 0 Å². The Labute approximate surface area is 123 Å². The molecule has 1 saturated carbocycles. The molecule has 1 aliphatic carbocycles. The molecular weight excluding hydrogens is 244 g/mol. The van der Waals surface area contributed by atoms with Crippen molar-refractivity contribution in [3.63, 3.8) is 0 Å². The second-order valence-electron chi connectivity index (χ2n) is 7.52. The summed E-state index contributed by atoms with van der Waals surface area (Å²) >= 11 is 0. The van der Waals surface area contributed by atoms with E-state index in [9.17, 15) is 0 Å². The van der Waals surface area contributed by atoms with E-state index in [2.05, 4.69) is 49.1 Å². The maximum absolute atomic E-state index is 6.54. The Hall–Kier alpha value is -0.860. The number of benzene rings is 1. The second-order valence-corrected chi connectivity index (χ2v) is 7.52. The molecule has 3 rings (SSSR count). The Bertz CT molecular complexity index is 428. The van der Waals surface area contributed by atoms with Crippen LogP contribution in [-0.4, -0.2) is 24.5 Å². The van der Waals surface area contributed by atoms with Gasteiger partial charge in [0.25, 0.3) is 0 Å². The van der Waals surface area contributed by atoms with E-state index in [4.69, 9.17) is 5.73 Å². The van der Waals surface area contributed by atoms with Crippen molar-refractivity contribution in [2.75, 3.05) is 19.6 Å². The molecule has 3 unspecified atom stereocenters.